The van der Waals surface area contributed by atoms with Gasteiger partial charge in [-0.1, -0.05) is 61.9 Å². The lowest BCUT2D eigenvalue weighted by atomic mass is 9.97. The lowest BCUT2D eigenvalue weighted by Gasteiger charge is -2.21. The van der Waals surface area contributed by atoms with E-state index in [0.717, 1.165) is 31.2 Å². The van der Waals surface area contributed by atoms with Crippen molar-refractivity contribution in [2.75, 3.05) is 0 Å². The van der Waals surface area contributed by atoms with Gasteiger partial charge in [0.25, 0.3) is 5.56 Å². The van der Waals surface area contributed by atoms with Crippen molar-refractivity contribution in [3.05, 3.63) is 51.8 Å². The summed E-state index contributed by atoms with van der Waals surface area (Å²) in [5, 5.41) is 7.96. The molecule has 0 unspecified atom stereocenters. The zero-order chi connectivity index (χ0) is 18.4. The van der Waals surface area contributed by atoms with Gasteiger partial charge in [0.1, 0.15) is 6.54 Å². The average Bonchev–Trinajstić information content (AvgIpc) is 2.60. The van der Waals surface area contributed by atoms with Gasteiger partial charge in [0.15, 0.2) is 0 Å². The lowest BCUT2D eigenvalue weighted by molar-refractivity contribution is -0.122. The highest BCUT2D eigenvalue weighted by atomic mass is 35.5. The van der Waals surface area contributed by atoms with Crippen LogP contribution in [0.25, 0.3) is 11.3 Å². The van der Waals surface area contributed by atoms with E-state index in [4.69, 9.17) is 11.6 Å². The minimum atomic E-state index is -0.298. The van der Waals surface area contributed by atoms with Crippen LogP contribution in [0.5, 0.6) is 0 Å². The Kier molecular flexibility index (Phi) is 6.45. The molecule has 1 saturated carbocycles. The van der Waals surface area contributed by atoms with E-state index in [2.05, 4.69) is 10.4 Å². The van der Waals surface area contributed by atoms with Crippen LogP contribution in [-0.2, 0) is 11.3 Å². The molecular weight excluding hydrogens is 350 g/mol. The van der Waals surface area contributed by atoms with Crippen molar-refractivity contribution in [3.63, 3.8) is 0 Å². The molecule has 1 amide bonds. The number of carbonyl (C=O) groups excluding carboxylic acids is 1. The fourth-order valence-corrected chi connectivity index (χ4v) is 3.62. The number of hydrogen-bond donors (Lipinski definition) is 1. The number of hydrogen-bond acceptors (Lipinski definition) is 3. The second kappa shape index (κ2) is 8.99. The van der Waals surface area contributed by atoms with Crippen molar-refractivity contribution < 1.29 is 4.79 Å². The van der Waals surface area contributed by atoms with E-state index in [1.807, 2.05) is 18.2 Å². The average molecular weight is 374 g/mol. The number of carbonyl (C=O) groups is 1. The van der Waals surface area contributed by atoms with Gasteiger partial charge >= 0.3 is 0 Å². The maximum absolute atomic E-state index is 12.4. The first-order valence-electron chi connectivity index (χ1n) is 9.26. The summed E-state index contributed by atoms with van der Waals surface area (Å²) in [5.41, 5.74) is 1.02. The minimum Gasteiger partial charge on any atom is -0.352 e. The van der Waals surface area contributed by atoms with Crippen molar-refractivity contribution in [2.45, 2.75) is 57.5 Å². The van der Waals surface area contributed by atoms with Gasteiger partial charge < -0.3 is 5.32 Å². The monoisotopic (exact) mass is 373 g/mol. The molecule has 1 fully saturated rings. The summed E-state index contributed by atoms with van der Waals surface area (Å²) in [6, 6.07) is 10.6. The summed E-state index contributed by atoms with van der Waals surface area (Å²) in [4.78, 5) is 24.5. The molecule has 138 valence electrons. The SMILES string of the molecule is O=C(Cn1nc(-c2ccccc2Cl)ccc1=O)NC1CCCCCCC1. The standard InChI is InChI=1S/C20H24ClN3O2/c21-17-11-7-6-10-16(17)18-12-13-20(26)24(23-18)14-19(25)22-15-8-4-2-1-3-5-9-15/h6-7,10-13,15H,1-5,8-9,14H2,(H,22,25). The zero-order valence-electron chi connectivity index (χ0n) is 14.8. The summed E-state index contributed by atoms with van der Waals surface area (Å²) in [5.74, 6) is -0.165. The Hall–Kier alpha value is -2.14. The first-order chi connectivity index (χ1) is 12.6. The van der Waals surface area contributed by atoms with Gasteiger partial charge in [0.2, 0.25) is 5.91 Å². The quantitative estimate of drug-likeness (QED) is 0.886. The van der Waals surface area contributed by atoms with Crippen molar-refractivity contribution >= 4 is 17.5 Å². The van der Waals surface area contributed by atoms with Crippen LogP contribution in [-0.4, -0.2) is 21.7 Å². The molecule has 1 aliphatic rings. The van der Waals surface area contributed by atoms with Crippen molar-refractivity contribution in [1.82, 2.24) is 15.1 Å². The first kappa shape index (κ1) is 18.6. The highest BCUT2D eigenvalue weighted by molar-refractivity contribution is 6.33. The maximum Gasteiger partial charge on any atom is 0.267 e. The number of nitrogens with one attached hydrogen (secondary N) is 1. The van der Waals surface area contributed by atoms with E-state index >= 15 is 0 Å². The second-order valence-electron chi connectivity index (χ2n) is 6.80. The first-order valence-corrected chi connectivity index (χ1v) is 9.64. The van der Waals surface area contributed by atoms with E-state index in [1.54, 1.807) is 12.1 Å². The van der Waals surface area contributed by atoms with Crippen LogP contribution in [0.3, 0.4) is 0 Å². The molecule has 1 N–H and O–H groups in total. The molecule has 0 saturated heterocycles. The molecule has 0 atom stereocenters. The zero-order valence-corrected chi connectivity index (χ0v) is 15.5. The molecule has 6 heteroatoms. The number of aromatic nitrogens is 2. The number of rotatable bonds is 4. The molecule has 1 heterocycles. The molecule has 1 aliphatic carbocycles. The fraction of sp³-hybridized carbons (Fsp3) is 0.450. The van der Waals surface area contributed by atoms with Crippen LogP contribution in [0.15, 0.2) is 41.2 Å². The van der Waals surface area contributed by atoms with Gasteiger partial charge in [-0.2, -0.15) is 5.10 Å². The van der Waals surface area contributed by atoms with Crippen molar-refractivity contribution in [3.8, 4) is 11.3 Å². The normalized spacial score (nSPS) is 15.9. The van der Waals surface area contributed by atoms with Crippen molar-refractivity contribution in [1.29, 1.82) is 0 Å². The predicted octanol–water partition coefficient (Wildman–Crippen LogP) is 3.79. The smallest absolute Gasteiger partial charge is 0.267 e. The summed E-state index contributed by atoms with van der Waals surface area (Å²) >= 11 is 6.21. The van der Waals surface area contributed by atoms with E-state index < -0.39 is 0 Å². The molecule has 1 aromatic carbocycles. The molecule has 2 aromatic rings. The topological polar surface area (TPSA) is 64.0 Å². The summed E-state index contributed by atoms with van der Waals surface area (Å²) < 4.78 is 1.21. The van der Waals surface area contributed by atoms with Gasteiger partial charge in [-0.05, 0) is 25.0 Å². The molecular formula is C20H24ClN3O2. The minimum absolute atomic E-state index is 0.0758. The number of halogens is 1. The number of benzene rings is 1. The van der Waals surface area contributed by atoms with Crippen molar-refractivity contribution in [2.24, 2.45) is 0 Å². The molecule has 26 heavy (non-hydrogen) atoms. The van der Waals surface area contributed by atoms with Crippen LogP contribution in [0.4, 0.5) is 0 Å². The van der Waals surface area contributed by atoms with Gasteiger partial charge in [-0.25, -0.2) is 4.68 Å². The van der Waals surface area contributed by atoms with Crippen LogP contribution in [0.2, 0.25) is 5.02 Å². The predicted molar refractivity (Wildman–Crippen MR) is 103 cm³/mol. The third-order valence-corrected chi connectivity index (χ3v) is 5.11. The molecule has 3 rings (SSSR count). The van der Waals surface area contributed by atoms with E-state index in [0.29, 0.717) is 10.7 Å². The Bertz CT molecular complexity index is 811. The highest BCUT2D eigenvalue weighted by Crippen LogP contribution is 2.24. The maximum atomic E-state index is 12.4. The van der Waals surface area contributed by atoms with Crippen LogP contribution < -0.4 is 10.9 Å². The van der Waals surface area contributed by atoms with Gasteiger partial charge in [-0.15, -0.1) is 0 Å². The van der Waals surface area contributed by atoms with Gasteiger partial charge in [0.05, 0.1) is 10.7 Å². The third-order valence-electron chi connectivity index (χ3n) is 4.78. The van der Waals surface area contributed by atoms with E-state index in [1.165, 1.54) is 30.0 Å². The largest absolute Gasteiger partial charge is 0.352 e. The molecule has 5 nitrogen and oxygen atoms in total. The van der Waals surface area contributed by atoms with E-state index in [-0.39, 0.29) is 24.1 Å². The summed E-state index contributed by atoms with van der Waals surface area (Å²) in [6.07, 6.45) is 8.05. The van der Waals surface area contributed by atoms with Crippen LogP contribution in [0, 0.1) is 0 Å². The molecule has 0 spiro atoms. The Morgan fingerprint density at radius 2 is 1.77 bits per heavy atom. The molecule has 0 radical (unpaired) electrons. The van der Waals surface area contributed by atoms with E-state index in [9.17, 15) is 9.59 Å². The molecule has 0 aliphatic heterocycles. The molecule has 1 aromatic heterocycles. The number of amides is 1. The third kappa shape index (κ3) is 4.94. The fourth-order valence-electron chi connectivity index (χ4n) is 3.38. The number of nitrogens with zero attached hydrogens (tertiary/aromatic N) is 2. The Labute approximate surface area is 158 Å². The lowest BCUT2D eigenvalue weighted by Crippen LogP contribution is -2.39. The molecule has 0 bridgehead atoms. The van der Waals surface area contributed by atoms with Gasteiger partial charge in [-0.3, -0.25) is 9.59 Å². The highest BCUT2D eigenvalue weighted by Gasteiger charge is 2.15. The summed E-state index contributed by atoms with van der Waals surface area (Å²) in [7, 11) is 0. The Morgan fingerprint density at radius 3 is 2.50 bits per heavy atom. The van der Waals surface area contributed by atoms with Crippen LogP contribution >= 0.6 is 11.6 Å². The summed E-state index contributed by atoms with van der Waals surface area (Å²) in [6.45, 7) is -0.0758. The Balaban J connectivity index is 1.70. The van der Waals surface area contributed by atoms with Crippen LogP contribution in [0.1, 0.15) is 44.9 Å². The second-order valence-corrected chi connectivity index (χ2v) is 7.21. The van der Waals surface area contributed by atoms with Gasteiger partial charge in [0, 0.05) is 17.7 Å². The Morgan fingerprint density at radius 1 is 1.08 bits per heavy atom.